The van der Waals surface area contributed by atoms with Crippen LogP contribution < -0.4 is 0 Å². The number of aromatic nitrogens is 4. The SMILES string of the molecule is Cc1ccc(/C=C/c2nc(SCC(=O)N3CCN(S(=O)(=O)c4c(C)noc4C)CC3)n[nH]2)o1. The van der Waals surface area contributed by atoms with E-state index in [9.17, 15) is 13.2 Å². The predicted octanol–water partition coefficient (Wildman–Crippen LogP) is 2.11. The molecule has 1 saturated heterocycles. The lowest BCUT2D eigenvalue weighted by Gasteiger charge is -2.33. The van der Waals surface area contributed by atoms with E-state index in [0.29, 0.717) is 35.5 Å². The molecule has 4 rings (SSSR count). The monoisotopic (exact) mass is 492 g/mol. The number of amides is 1. The van der Waals surface area contributed by atoms with Crippen LogP contribution in [-0.4, -0.2) is 75.8 Å². The summed E-state index contributed by atoms with van der Waals surface area (Å²) in [4.78, 5) is 18.7. The number of H-pyrrole nitrogens is 1. The summed E-state index contributed by atoms with van der Waals surface area (Å²) >= 11 is 1.22. The second-order valence-electron chi connectivity index (χ2n) is 7.51. The van der Waals surface area contributed by atoms with Gasteiger partial charge in [-0.15, -0.1) is 5.10 Å². The smallest absolute Gasteiger partial charge is 0.248 e. The summed E-state index contributed by atoms with van der Waals surface area (Å²) in [6.07, 6.45) is 3.53. The average Bonchev–Trinajstić information content (AvgIpc) is 3.51. The van der Waals surface area contributed by atoms with Gasteiger partial charge in [0, 0.05) is 26.2 Å². The molecule has 0 aliphatic carbocycles. The number of nitrogens with one attached hydrogen (secondary N) is 1. The molecule has 1 N–H and O–H groups in total. The van der Waals surface area contributed by atoms with E-state index in [1.54, 1.807) is 30.9 Å². The summed E-state index contributed by atoms with van der Waals surface area (Å²) in [5.41, 5.74) is 0.336. The molecule has 3 aromatic rings. The number of rotatable bonds is 7. The molecule has 0 saturated carbocycles. The number of nitrogens with zero attached hydrogens (tertiary/aromatic N) is 5. The van der Waals surface area contributed by atoms with Gasteiger partial charge in [0.2, 0.25) is 21.1 Å². The molecule has 1 aliphatic heterocycles. The van der Waals surface area contributed by atoms with Gasteiger partial charge < -0.3 is 13.8 Å². The zero-order valence-corrected chi connectivity index (χ0v) is 20.1. The second kappa shape index (κ2) is 9.53. The van der Waals surface area contributed by atoms with Gasteiger partial charge in [-0.3, -0.25) is 9.89 Å². The first kappa shape index (κ1) is 23.3. The maximum absolute atomic E-state index is 12.9. The standard InChI is InChI=1S/C20H24N6O5S2/c1-13-4-5-16(30-13)6-7-17-21-20(23-22-17)32-12-18(27)25-8-10-26(11-9-25)33(28,29)19-14(2)24-31-15(19)3/h4-7H,8-12H2,1-3H3,(H,21,22,23)/b7-6+. The number of hydrogen-bond acceptors (Lipinski definition) is 9. The van der Waals surface area contributed by atoms with Gasteiger partial charge in [-0.1, -0.05) is 16.9 Å². The highest BCUT2D eigenvalue weighted by atomic mass is 32.2. The predicted molar refractivity (Wildman–Crippen MR) is 121 cm³/mol. The Morgan fingerprint density at radius 2 is 1.94 bits per heavy atom. The highest BCUT2D eigenvalue weighted by Crippen LogP contribution is 2.24. The van der Waals surface area contributed by atoms with Gasteiger partial charge in [0.15, 0.2) is 5.76 Å². The maximum atomic E-state index is 12.9. The zero-order chi connectivity index (χ0) is 23.6. The zero-order valence-electron chi connectivity index (χ0n) is 18.4. The molecule has 13 heteroatoms. The van der Waals surface area contributed by atoms with Crippen molar-refractivity contribution < 1.29 is 22.2 Å². The van der Waals surface area contributed by atoms with Crippen LogP contribution in [0.5, 0.6) is 0 Å². The van der Waals surface area contributed by atoms with Crippen molar-refractivity contribution in [1.82, 2.24) is 29.5 Å². The fourth-order valence-corrected chi connectivity index (χ4v) is 5.89. The topological polar surface area (TPSA) is 138 Å². The lowest BCUT2D eigenvalue weighted by Crippen LogP contribution is -2.51. The highest BCUT2D eigenvalue weighted by Gasteiger charge is 2.34. The minimum absolute atomic E-state index is 0.0951. The Hall–Kier alpha value is -2.90. The van der Waals surface area contributed by atoms with Gasteiger partial charge >= 0.3 is 0 Å². The van der Waals surface area contributed by atoms with Crippen LogP contribution in [0, 0.1) is 20.8 Å². The first-order valence-electron chi connectivity index (χ1n) is 10.2. The van der Waals surface area contributed by atoms with Crippen molar-refractivity contribution in [3.63, 3.8) is 0 Å². The Bertz CT molecular complexity index is 1250. The molecule has 0 spiro atoms. The van der Waals surface area contributed by atoms with Gasteiger partial charge in [-0.2, -0.15) is 4.31 Å². The van der Waals surface area contributed by atoms with Gasteiger partial charge in [0.1, 0.15) is 27.9 Å². The van der Waals surface area contributed by atoms with E-state index in [1.807, 2.05) is 19.1 Å². The Morgan fingerprint density at radius 1 is 1.18 bits per heavy atom. The molecule has 176 valence electrons. The minimum Gasteiger partial charge on any atom is -0.462 e. The summed E-state index contributed by atoms with van der Waals surface area (Å²) in [5, 5.41) is 11.1. The summed E-state index contributed by atoms with van der Waals surface area (Å²) in [5.74, 6) is 2.42. The van der Waals surface area contributed by atoms with Crippen LogP contribution in [0.15, 0.2) is 31.1 Å². The summed E-state index contributed by atoms with van der Waals surface area (Å²) in [7, 11) is -3.71. The van der Waals surface area contributed by atoms with Crippen molar-refractivity contribution in [2.45, 2.75) is 30.8 Å². The van der Waals surface area contributed by atoms with Crippen molar-refractivity contribution >= 4 is 39.8 Å². The summed E-state index contributed by atoms with van der Waals surface area (Å²) in [6.45, 7) is 6.10. The molecule has 0 unspecified atom stereocenters. The van der Waals surface area contributed by atoms with E-state index in [0.717, 1.165) is 5.76 Å². The Balaban J connectivity index is 1.28. The molecule has 0 radical (unpaired) electrons. The van der Waals surface area contributed by atoms with Crippen molar-refractivity contribution in [1.29, 1.82) is 0 Å². The summed E-state index contributed by atoms with van der Waals surface area (Å²) < 4.78 is 37.7. The average molecular weight is 493 g/mol. The van der Waals surface area contributed by atoms with E-state index >= 15 is 0 Å². The Labute approximate surface area is 195 Å². The highest BCUT2D eigenvalue weighted by molar-refractivity contribution is 7.99. The van der Waals surface area contributed by atoms with E-state index in [4.69, 9.17) is 8.94 Å². The number of piperazine rings is 1. The normalized spacial score (nSPS) is 15.5. The molecule has 3 aromatic heterocycles. The van der Waals surface area contributed by atoms with Crippen molar-refractivity contribution in [2.24, 2.45) is 0 Å². The second-order valence-corrected chi connectivity index (χ2v) is 10.3. The molecule has 0 aromatic carbocycles. The van der Waals surface area contributed by atoms with Crippen LogP contribution in [-0.2, 0) is 14.8 Å². The lowest BCUT2D eigenvalue weighted by atomic mass is 10.3. The molecular weight excluding hydrogens is 468 g/mol. The molecular formula is C20H24N6O5S2. The number of aryl methyl sites for hydroxylation is 3. The van der Waals surface area contributed by atoms with Crippen LogP contribution in [0.2, 0.25) is 0 Å². The third kappa shape index (κ3) is 5.20. The van der Waals surface area contributed by atoms with Crippen molar-refractivity contribution in [2.75, 3.05) is 31.9 Å². The van der Waals surface area contributed by atoms with Gasteiger partial charge in [0.05, 0.1) is 5.75 Å². The molecule has 0 atom stereocenters. The van der Waals surface area contributed by atoms with Crippen LogP contribution in [0.4, 0.5) is 0 Å². The molecule has 11 nitrogen and oxygen atoms in total. The number of thioether (sulfide) groups is 1. The summed E-state index contributed by atoms with van der Waals surface area (Å²) in [6, 6.07) is 3.73. The fourth-order valence-electron chi connectivity index (χ4n) is 3.47. The Morgan fingerprint density at radius 3 is 2.58 bits per heavy atom. The number of hydrogen-bond donors (Lipinski definition) is 1. The number of carbonyl (C=O) groups excluding carboxylic acids is 1. The van der Waals surface area contributed by atoms with Crippen molar-refractivity contribution in [3.05, 3.63) is 40.9 Å². The Kier molecular flexibility index (Phi) is 6.72. The largest absolute Gasteiger partial charge is 0.462 e. The van der Waals surface area contributed by atoms with E-state index < -0.39 is 10.0 Å². The number of carbonyl (C=O) groups is 1. The molecule has 0 bridgehead atoms. The quantitative estimate of drug-likeness (QED) is 0.491. The third-order valence-corrected chi connectivity index (χ3v) is 8.11. The molecule has 1 aliphatic rings. The number of sulfonamides is 1. The number of aromatic amines is 1. The number of furan rings is 1. The first-order valence-corrected chi connectivity index (χ1v) is 12.7. The van der Waals surface area contributed by atoms with Gasteiger partial charge in [-0.25, -0.2) is 13.4 Å². The molecule has 1 amide bonds. The lowest BCUT2D eigenvalue weighted by molar-refractivity contribution is -0.129. The fraction of sp³-hybridized carbons (Fsp3) is 0.400. The molecule has 1 fully saturated rings. The third-order valence-electron chi connectivity index (χ3n) is 5.13. The molecule has 33 heavy (non-hydrogen) atoms. The first-order chi connectivity index (χ1) is 15.7. The van der Waals surface area contributed by atoms with E-state index in [-0.39, 0.29) is 35.4 Å². The van der Waals surface area contributed by atoms with Gasteiger partial charge in [-0.05, 0) is 45.1 Å². The minimum atomic E-state index is -3.71. The van der Waals surface area contributed by atoms with E-state index in [2.05, 4.69) is 20.3 Å². The van der Waals surface area contributed by atoms with Crippen LogP contribution in [0.1, 0.15) is 28.8 Å². The van der Waals surface area contributed by atoms with Crippen LogP contribution in [0.25, 0.3) is 12.2 Å². The maximum Gasteiger partial charge on any atom is 0.248 e. The van der Waals surface area contributed by atoms with Crippen LogP contribution in [0.3, 0.4) is 0 Å². The van der Waals surface area contributed by atoms with Crippen LogP contribution >= 0.6 is 11.8 Å². The van der Waals surface area contributed by atoms with Crippen molar-refractivity contribution in [3.8, 4) is 0 Å². The van der Waals surface area contributed by atoms with E-state index in [1.165, 1.54) is 16.1 Å². The van der Waals surface area contributed by atoms with Gasteiger partial charge in [0.25, 0.3) is 0 Å². The molecule has 4 heterocycles.